The average molecular weight is 320 g/mol. The number of hydrogen-bond acceptors (Lipinski definition) is 4. The standard InChI is InChI=1S/C16H24N4O3/c1-10(2)20-8-5-12(16(20)22)18-15(21)11-6-9-23-14(11)13-4-7-17-19(13)3/h4,7,10-12,14H,5-6,8-9H2,1-3H3,(H,18,21)/t11-,12?,14-/m1/s1. The summed E-state index contributed by atoms with van der Waals surface area (Å²) < 4.78 is 7.48. The van der Waals surface area contributed by atoms with Gasteiger partial charge in [-0.15, -0.1) is 0 Å². The highest BCUT2D eigenvalue weighted by molar-refractivity contribution is 5.90. The van der Waals surface area contributed by atoms with E-state index in [0.717, 1.165) is 5.69 Å². The van der Waals surface area contributed by atoms with Crippen molar-refractivity contribution in [2.24, 2.45) is 13.0 Å². The Bertz CT molecular complexity index is 598. The Morgan fingerprint density at radius 2 is 2.22 bits per heavy atom. The van der Waals surface area contributed by atoms with E-state index in [0.29, 0.717) is 26.0 Å². The fourth-order valence-electron chi connectivity index (χ4n) is 3.44. The van der Waals surface area contributed by atoms with Crippen LogP contribution in [0.4, 0.5) is 0 Å². The lowest BCUT2D eigenvalue weighted by Gasteiger charge is -2.22. The summed E-state index contributed by atoms with van der Waals surface area (Å²) in [5.74, 6) is -0.353. The second-order valence-electron chi connectivity index (χ2n) is 6.54. The van der Waals surface area contributed by atoms with Gasteiger partial charge in [0.2, 0.25) is 11.8 Å². The molecule has 0 aromatic carbocycles. The first-order chi connectivity index (χ1) is 11.0. The summed E-state index contributed by atoms with van der Waals surface area (Å²) >= 11 is 0. The molecule has 2 aliphatic heterocycles. The molecule has 0 aliphatic carbocycles. The number of carbonyl (C=O) groups excluding carboxylic acids is 2. The molecule has 0 spiro atoms. The van der Waals surface area contributed by atoms with Gasteiger partial charge in [0.1, 0.15) is 12.1 Å². The monoisotopic (exact) mass is 320 g/mol. The van der Waals surface area contributed by atoms with Crippen molar-refractivity contribution < 1.29 is 14.3 Å². The largest absolute Gasteiger partial charge is 0.371 e. The molecule has 3 heterocycles. The van der Waals surface area contributed by atoms with Gasteiger partial charge in [0.15, 0.2) is 0 Å². The van der Waals surface area contributed by atoms with Crippen LogP contribution in [0.15, 0.2) is 12.3 Å². The maximum atomic E-state index is 12.6. The van der Waals surface area contributed by atoms with Gasteiger partial charge in [-0.3, -0.25) is 14.3 Å². The van der Waals surface area contributed by atoms with Gasteiger partial charge in [-0.2, -0.15) is 5.10 Å². The third-order valence-electron chi connectivity index (χ3n) is 4.76. The highest BCUT2D eigenvalue weighted by atomic mass is 16.5. The van der Waals surface area contributed by atoms with Gasteiger partial charge in [0.25, 0.3) is 0 Å². The van der Waals surface area contributed by atoms with Crippen molar-refractivity contribution in [3.63, 3.8) is 0 Å². The lowest BCUT2D eigenvalue weighted by atomic mass is 9.97. The Hall–Kier alpha value is -1.89. The Kier molecular flexibility index (Phi) is 4.39. The number of aromatic nitrogens is 2. The number of carbonyl (C=O) groups is 2. The molecule has 2 fully saturated rings. The van der Waals surface area contributed by atoms with Crippen LogP contribution in [0.25, 0.3) is 0 Å². The van der Waals surface area contributed by atoms with Crippen LogP contribution in [0.1, 0.15) is 38.5 Å². The molecule has 1 aromatic heterocycles. The minimum absolute atomic E-state index is 0.0179. The second kappa shape index (κ2) is 6.31. The Balaban J connectivity index is 1.66. The maximum Gasteiger partial charge on any atom is 0.245 e. The number of aryl methyl sites for hydroxylation is 1. The van der Waals surface area contributed by atoms with Gasteiger partial charge in [0.05, 0.1) is 11.6 Å². The lowest BCUT2D eigenvalue weighted by Crippen LogP contribution is -2.45. The minimum Gasteiger partial charge on any atom is -0.371 e. The van der Waals surface area contributed by atoms with Crippen molar-refractivity contribution in [2.45, 2.75) is 44.9 Å². The van der Waals surface area contributed by atoms with Crippen molar-refractivity contribution in [1.29, 1.82) is 0 Å². The molecular formula is C16H24N4O3. The number of hydrogen-bond donors (Lipinski definition) is 1. The summed E-state index contributed by atoms with van der Waals surface area (Å²) in [6.45, 7) is 5.23. The van der Waals surface area contributed by atoms with Gasteiger partial charge in [0, 0.05) is 32.4 Å². The number of nitrogens with one attached hydrogen (secondary N) is 1. The molecule has 1 unspecified atom stereocenters. The molecule has 126 valence electrons. The van der Waals surface area contributed by atoms with E-state index in [9.17, 15) is 9.59 Å². The van der Waals surface area contributed by atoms with Crippen molar-refractivity contribution in [2.75, 3.05) is 13.2 Å². The Morgan fingerprint density at radius 1 is 1.43 bits per heavy atom. The molecule has 1 aromatic rings. The smallest absolute Gasteiger partial charge is 0.245 e. The predicted octanol–water partition coefficient (Wildman–Crippen LogP) is 0.623. The van der Waals surface area contributed by atoms with Gasteiger partial charge in [-0.25, -0.2) is 0 Å². The van der Waals surface area contributed by atoms with Gasteiger partial charge in [-0.05, 0) is 32.8 Å². The lowest BCUT2D eigenvalue weighted by molar-refractivity contribution is -0.135. The third kappa shape index (κ3) is 2.97. The molecule has 1 N–H and O–H groups in total. The van der Waals surface area contributed by atoms with E-state index < -0.39 is 6.04 Å². The van der Waals surface area contributed by atoms with Gasteiger partial charge < -0.3 is 15.0 Å². The quantitative estimate of drug-likeness (QED) is 0.882. The van der Waals surface area contributed by atoms with Gasteiger partial charge >= 0.3 is 0 Å². The number of ether oxygens (including phenoxy) is 1. The molecule has 2 saturated heterocycles. The Morgan fingerprint density at radius 3 is 2.83 bits per heavy atom. The number of amides is 2. The molecule has 7 heteroatoms. The summed E-state index contributed by atoms with van der Waals surface area (Å²) in [4.78, 5) is 26.8. The summed E-state index contributed by atoms with van der Waals surface area (Å²) in [7, 11) is 1.84. The van der Waals surface area contributed by atoms with Crippen LogP contribution < -0.4 is 5.32 Å². The van der Waals surface area contributed by atoms with Crippen LogP contribution in [-0.2, 0) is 21.4 Å². The van der Waals surface area contributed by atoms with Crippen LogP contribution in [0, 0.1) is 5.92 Å². The summed E-state index contributed by atoms with van der Waals surface area (Å²) in [5, 5.41) is 7.07. The van der Waals surface area contributed by atoms with Crippen LogP contribution in [0.2, 0.25) is 0 Å². The highest BCUT2D eigenvalue weighted by Gasteiger charge is 2.40. The van der Waals surface area contributed by atoms with E-state index in [1.54, 1.807) is 10.9 Å². The zero-order chi connectivity index (χ0) is 16.6. The molecule has 0 bridgehead atoms. The maximum absolute atomic E-state index is 12.6. The number of likely N-dealkylation sites (tertiary alicyclic amines) is 1. The third-order valence-corrected chi connectivity index (χ3v) is 4.76. The van der Waals surface area contributed by atoms with Crippen LogP contribution >= 0.6 is 0 Å². The number of rotatable bonds is 4. The van der Waals surface area contributed by atoms with E-state index >= 15 is 0 Å². The Labute approximate surface area is 136 Å². The first kappa shape index (κ1) is 16.0. The van der Waals surface area contributed by atoms with Crippen LogP contribution in [-0.4, -0.2) is 51.7 Å². The zero-order valence-corrected chi connectivity index (χ0v) is 13.9. The van der Waals surface area contributed by atoms with Crippen molar-refractivity contribution in [3.8, 4) is 0 Å². The van der Waals surface area contributed by atoms with Crippen molar-refractivity contribution >= 4 is 11.8 Å². The van der Waals surface area contributed by atoms with Gasteiger partial charge in [-0.1, -0.05) is 0 Å². The molecule has 23 heavy (non-hydrogen) atoms. The van der Waals surface area contributed by atoms with E-state index in [4.69, 9.17) is 4.74 Å². The molecule has 7 nitrogen and oxygen atoms in total. The SMILES string of the molecule is CC(C)N1CCC(NC(=O)[C@@H]2CCO[C@H]2c2ccnn2C)C1=O. The highest BCUT2D eigenvalue weighted by Crippen LogP contribution is 2.34. The normalized spacial score (nSPS) is 27.9. The first-order valence-corrected chi connectivity index (χ1v) is 8.19. The molecule has 0 saturated carbocycles. The average Bonchev–Trinajstić information content (AvgIpc) is 3.19. The summed E-state index contributed by atoms with van der Waals surface area (Å²) in [5.41, 5.74) is 0.893. The van der Waals surface area contributed by atoms with Crippen LogP contribution in [0.3, 0.4) is 0 Å². The fourth-order valence-corrected chi connectivity index (χ4v) is 3.44. The summed E-state index contributed by atoms with van der Waals surface area (Å²) in [6, 6.07) is 1.64. The predicted molar refractivity (Wildman–Crippen MR) is 83.4 cm³/mol. The van der Waals surface area contributed by atoms with E-state index in [1.165, 1.54) is 0 Å². The molecule has 3 atom stereocenters. The zero-order valence-electron chi connectivity index (χ0n) is 13.9. The molecule has 2 amide bonds. The van der Waals surface area contributed by atoms with E-state index in [2.05, 4.69) is 10.4 Å². The van der Waals surface area contributed by atoms with Crippen molar-refractivity contribution in [1.82, 2.24) is 20.0 Å². The molecule has 0 radical (unpaired) electrons. The van der Waals surface area contributed by atoms with E-state index in [1.807, 2.05) is 31.9 Å². The van der Waals surface area contributed by atoms with Crippen molar-refractivity contribution in [3.05, 3.63) is 18.0 Å². The number of nitrogens with zero attached hydrogens (tertiary/aromatic N) is 3. The van der Waals surface area contributed by atoms with Crippen LogP contribution in [0.5, 0.6) is 0 Å². The minimum atomic E-state index is -0.405. The topological polar surface area (TPSA) is 76.5 Å². The summed E-state index contributed by atoms with van der Waals surface area (Å²) in [6.07, 6.45) is 2.75. The molecule has 3 rings (SSSR count). The first-order valence-electron chi connectivity index (χ1n) is 8.19. The molecular weight excluding hydrogens is 296 g/mol. The molecule has 2 aliphatic rings. The van der Waals surface area contributed by atoms with E-state index in [-0.39, 0.29) is 29.9 Å². The second-order valence-corrected chi connectivity index (χ2v) is 6.54. The fraction of sp³-hybridized carbons (Fsp3) is 0.688.